The van der Waals surface area contributed by atoms with Crippen LogP contribution in [0.15, 0.2) is 36.5 Å². The summed E-state index contributed by atoms with van der Waals surface area (Å²) in [5, 5.41) is 10.7. The molecule has 0 bridgehead atoms. The van der Waals surface area contributed by atoms with Crippen LogP contribution in [0.25, 0.3) is 10.9 Å². The summed E-state index contributed by atoms with van der Waals surface area (Å²) in [5.74, 6) is 1.89. The molecule has 0 spiro atoms. The lowest BCUT2D eigenvalue weighted by Gasteiger charge is -2.29. The highest BCUT2D eigenvalue weighted by molar-refractivity contribution is 5.82. The molecule has 0 radical (unpaired) electrons. The van der Waals surface area contributed by atoms with Gasteiger partial charge in [0.05, 0.1) is 5.52 Å². The third-order valence-corrected chi connectivity index (χ3v) is 6.15. The second kappa shape index (κ2) is 8.77. The van der Waals surface area contributed by atoms with Crippen LogP contribution in [-0.2, 0) is 4.79 Å². The van der Waals surface area contributed by atoms with E-state index in [9.17, 15) is 9.90 Å². The van der Waals surface area contributed by atoms with Gasteiger partial charge in [-0.3, -0.25) is 9.78 Å². The number of pyridine rings is 1. The van der Waals surface area contributed by atoms with E-state index in [1.54, 1.807) is 0 Å². The monoisotopic (exact) mass is 353 g/mol. The van der Waals surface area contributed by atoms with Gasteiger partial charge in [0.25, 0.3) is 0 Å². The van der Waals surface area contributed by atoms with Crippen molar-refractivity contribution in [1.29, 1.82) is 0 Å². The van der Waals surface area contributed by atoms with Crippen LogP contribution in [0, 0.1) is 17.8 Å². The van der Waals surface area contributed by atoms with E-state index in [-0.39, 0.29) is 12.5 Å². The Hall–Kier alpha value is -1.74. The normalized spacial score (nSPS) is 21.8. The first-order valence-corrected chi connectivity index (χ1v) is 10.0. The lowest BCUT2D eigenvalue weighted by atomic mass is 9.76. The number of Topliss-reactive ketones (excluding diaryl/α,β-unsaturated/α-hetero) is 1. The third-order valence-electron chi connectivity index (χ3n) is 6.15. The number of aliphatic hydroxyl groups is 1. The summed E-state index contributed by atoms with van der Waals surface area (Å²) in [6.45, 7) is 4.28. The third kappa shape index (κ3) is 4.50. The van der Waals surface area contributed by atoms with Gasteiger partial charge in [-0.25, -0.2) is 0 Å². The zero-order chi connectivity index (χ0) is 18.5. The molecule has 140 valence electrons. The first kappa shape index (κ1) is 19.0. The molecule has 0 amide bonds. The van der Waals surface area contributed by atoms with Gasteiger partial charge in [0.1, 0.15) is 5.78 Å². The number of hydrogen-bond donors (Lipinski definition) is 1. The van der Waals surface area contributed by atoms with Crippen molar-refractivity contribution in [2.75, 3.05) is 6.61 Å². The van der Waals surface area contributed by atoms with Crippen LogP contribution in [0.2, 0.25) is 0 Å². The Morgan fingerprint density at radius 3 is 2.58 bits per heavy atom. The molecule has 1 N–H and O–H groups in total. The van der Waals surface area contributed by atoms with Crippen LogP contribution >= 0.6 is 0 Å². The Labute approximate surface area is 156 Å². The molecule has 1 aromatic heterocycles. The Kier molecular flexibility index (Phi) is 6.42. The molecule has 3 rings (SSSR count). The van der Waals surface area contributed by atoms with Gasteiger partial charge in [0.15, 0.2) is 0 Å². The average molecular weight is 354 g/mol. The SMILES string of the molecule is CC(C)C(CO)CC(=O)CC1CCC(c2ccnc3ccccc23)CC1. The van der Waals surface area contributed by atoms with Crippen LogP contribution in [0.3, 0.4) is 0 Å². The lowest BCUT2D eigenvalue weighted by molar-refractivity contribution is -0.121. The number of fused-ring (bicyclic) bond motifs is 1. The van der Waals surface area contributed by atoms with E-state index in [0.29, 0.717) is 36.4 Å². The number of benzene rings is 1. The molecule has 1 aromatic carbocycles. The first-order chi connectivity index (χ1) is 12.6. The Morgan fingerprint density at radius 1 is 1.15 bits per heavy atom. The van der Waals surface area contributed by atoms with E-state index in [1.165, 1.54) is 10.9 Å². The van der Waals surface area contributed by atoms with Crippen molar-refractivity contribution < 1.29 is 9.90 Å². The summed E-state index contributed by atoms with van der Waals surface area (Å²) in [5.41, 5.74) is 2.49. The van der Waals surface area contributed by atoms with Gasteiger partial charge in [-0.2, -0.15) is 0 Å². The highest BCUT2D eigenvalue weighted by Gasteiger charge is 2.26. The van der Waals surface area contributed by atoms with Gasteiger partial charge >= 0.3 is 0 Å². The molecule has 1 saturated carbocycles. The number of nitrogens with zero attached hydrogens (tertiary/aromatic N) is 1. The van der Waals surface area contributed by atoms with Crippen molar-refractivity contribution in [2.45, 2.75) is 58.3 Å². The highest BCUT2D eigenvalue weighted by Crippen LogP contribution is 2.39. The molecule has 2 aromatic rings. The van der Waals surface area contributed by atoms with Gasteiger partial charge in [-0.1, -0.05) is 32.0 Å². The summed E-state index contributed by atoms with van der Waals surface area (Å²) >= 11 is 0. The number of ketones is 1. The Balaban J connectivity index is 1.56. The molecular formula is C23H31NO2. The van der Waals surface area contributed by atoms with Gasteiger partial charge in [-0.15, -0.1) is 0 Å². The molecule has 1 fully saturated rings. The van der Waals surface area contributed by atoms with E-state index in [4.69, 9.17) is 0 Å². The molecule has 0 aliphatic heterocycles. The van der Waals surface area contributed by atoms with Crippen LogP contribution in [0.4, 0.5) is 0 Å². The minimum Gasteiger partial charge on any atom is -0.396 e. The molecule has 1 atom stereocenters. The van der Waals surface area contributed by atoms with E-state index < -0.39 is 0 Å². The predicted octanol–water partition coefficient (Wildman–Crippen LogP) is 5.12. The first-order valence-electron chi connectivity index (χ1n) is 10.0. The Bertz CT molecular complexity index is 727. The molecule has 1 aliphatic rings. The summed E-state index contributed by atoms with van der Waals surface area (Å²) in [6, 6.07) is 10.6. The second-order valence-corrected chi connectivity index (χ2v) is 8.27. The van der Waals surface area contributed by atoms with E-state index >= 15 is 0 Å². The molecule has 1 unspecified atom stereocenters. The van der Waals surface area contributed by atoms with Gasteiger partial charge in [0, 0.05) is 31.0 Å². The van der Waals surface area contributed by atoms with E-state index in [0.717, 1.165) is 31.2 Å². The van der Waals surface area contributed by atoms with E-state index in [2.05, 4.69) is 43.1 Å². The molecule has 0 saturated heterocycles. The van der Waals surface area contributed by atoms with Crippen molar-refractivity contribution in [2.24, 2.45) is 17.8 Å². The fraction of sp³-hybridized carbons (Fsp3) is 0.565. The fourth-order valence-electron chi connectivity index (χ4n) is 4.36. The maximum absolute atomic E-state index is 12.4. The minimum atomic E-state index is 0.113. The van der Waals surface area contributed by atoms with Crippen molar-refractivity contribution in [3.05, 3.63) is 42.1 Å². The average Bonchev–Trinajstić information content (AvgIpc) is 2.66. The lowest BCUT2D eigenvalue weighted by Crippen LogP contribution is -2.21. The number of para-hydroxylation sites is 1. The summed E-state index contributed by atoms with van der Waals surface area (Å²) < 4.78 is 0. The Morgan fingerprint density at radius 2 is 1.88 bits per heavy atom. The van der Waals surface area contributed by atoms with Crippen LogP contribution in [0.1, 0.15) is 63.9 Å². The number of aromatic nitrogens is 1. The number of hydrogen-bond acceptors (Lipinski definition) is 3. The van der Waals surface area contributed by atoms with E-state index in [1.807, 2.05) is 12.3 Å². The smallest absolute Gasteiger partial charge is 0.133 e. The summed E-state index contributed by atoms with van der Waals surface area (Å²) in [7, 11) is 0. The van der Waals surface area contributed by atoms with Gasteiger partial charge in [0.2, 0.25) is 0 Å². The largest absolute Gasteiger partial charge is 0.396 e. The van der Waals surface area contributed by atoms with Crippen LogP contribution in [0.5, 0.6) is 0 Å². The zero-order valence-corrected chi connectivity index (χ0v) is 16.0. The highest BCUT2D eigenvalue weighted by atomic mass is 16.3. The number of carbonyl (C=O) groups excluding carboxylic acids is 1. The maximum Gasteiger partial charge on any atom is 0.133 e. The number of rotatable bonds is 7. The van der Waals surface area contributed by atoms with Gasteiger partial charge in [-0.05, 0) is 67.1 Å². The van der Waals surface area contributed by atoms with Crippen LogP contribution < -0.4 is 0 Å². The quantitative estimate of drug-likeness (QED) is 0.751. The van der Waals surface area contributed by atoms with Crippen molar-refractivity contribution in [3.8, 4) is 0 Å². The number of carbonyl (C=O) groups is 1. The molecule has 26 heavy (non-hydrogen) atoms. The maximum atomic E-state index is 12.4. The topological polar surface area (TPSA) is 50.2 Å². The molecule has 1 aliphatic carbocycles. The zero-order valence-electron chi connectivity index (χ0n) is 16.0. The molecule has 3 heteroatoms. The van der Waals surface area contributed by atoms with Crippen molar-refractivity contribution in [3.63, 3.8) is 0 Å². The van der Waals surface area contributed by atoms with Crippen molar-refractivity contribution >= 4 is 16.7 Å². The standard InChI is InChI=1S/C23H31NO2/c1-16(2)19(15-25)14-20(26)13-17-7-9-18(10-8-17)21-11-12-24-23-6-4-3-5-22(21)23/h3-6,11-12,16-19,25H,7-10,13-15H2,1-2H3. The second-order valence-electron chi connectivity index (χ2n) is 8.27. The van der Waals surface area contributed by atoms with Gasteiger partial charge < -0.3 is 5.11 Å². The summed E-state index contributed by atoms with van der Waals surface area (Å²) in [4.78, 5) is 16.9. The van der Waals surface area contributed by atoms with Crippen LogP contribution in [-0.4, -0.2) is 22.5 Å². The van der Waals surface area contributed by atoms with Crippen molar-refractivity contribution in [1.82, 2.24) is 4.98 Å². The predicted molar refractivity (Wildman–Crippen MR) is 106 cm³/mol. The number of aliphatic hydroxyl groups excluding tert-OH is 1. The summed E-state index contributed by atoms with van der Waals surface area (Å²) in [6.07, 6.45) is 7.69. The molecule has 3 nitrogen and oxygen atoms in total. The molecular weight excluding hydrogens is 322 g/mol. The minimum absolute atomic E-state index is 0.113. The fourth-order valence-corrected chi connectivity index (χ4v) is 4.36. The molecule has 1 heterocycles.